The van der Waals surface area contributed by atoms with Crippen LogP contribution in [0.25, 0.3) is 5.70 Å². The van der Waals surface area contributed by atoms with E-state index in [1.807, 2.05) is 42.5 Å². The topological polar surface area (TPSA) is 89.1 Å². The smallest absolute Gasteiger partial charge is 0.414 e. The van der Waals surface area contributed by atoms with Gasteiger partial charge in [0.25, 0.3) is 0 Å². The van der Waals surface area contributed by atoms with Crippen molar-refractivity contribution in [2.75, 3.05) is 38.9 Å². The number of fused-ring (bicyclic) bond motifs is 2. The Morgan fingerprint density at radius 3 is 2.74 bits per heavy atom. The number of ether oxygens (including phenoxy) is 3. The SMILES string of the molecule is COCCOC(=O)N1CC2=C(NC(=O)NC2c2ccc(OC)c(Br)c2)c2ccccc21. The van der Waals surface area contributed by atoms with Crippen molar-refractivity contribution in [2.24, 2.45) is 0 Å². The first kappa shape index (κ1) is 21.2. The van der Waals surface area contributed by atoms with Crippen LogP contribution in [0.4, 0.5) is 15.3 Å². The summed E-state index contributed by atoms with van der Waals surface area (Å²) in [4.78, 5) is 26.9. The summed E-state index contributed by atoms with van der Waals surface area (Å²) in [5.74, 6) is 0.690. The number of hydrogen-bond donors (Lipinski definition) is 2. The molecule has 1 atom stereocenters. The molecule has 8 nitrogen and oxygen atoms in total. The van der Waals surface area contributed by atoms with Crippen LogP contribution < -0.4 is 20.3 Å². The van der Waals surface area contributed by atoms with E-state index in [2.05, 4.69) is 26.6 Å². The maximum atomic E-state index is 12.8. The second kappa shape index (κ2) is 8.99. The molecular formula is C22H22BrN3O5. The number of amides is 3. The molecule has 0 fully saturated rings. The van der Waals surface area contributed by atoms with Gasteiger partial charge in [-0.3, -0.25) is 4.90 Å². The Morgan fingerprint density at radius 1 is 1.19 bits per heavy atom. The highest BCUT2D eigenvalue weighted by molar-refractivity contribution is 9.10. The van der Waals surface area contributed by atoms with Gasteiger partial charge in [-0.2, -0.15) is 0 Å². The number of anilines is 1. The average Bonchev–Trinajstić information content (AvgIpc) is 2.78. The number of nitrogens with zero attached hydrogens (tertiary/aromatic N) is 1. The van der Waals surface area contributed by atoms with Crippen LogP contribution >= 0.6 is 15.9 Å². The molecule has 0 saturated heterocycles. The molecule has 0 aromatic heterocycles. The number of urea groups is 1. The molecule has 2 aromatic rings. The van der Waals surface area contributed by atoms with Crippen molar-refractivity contribution in [1.29, 1.82) is 0 Å². The minimum Gasteiger partial charge on any atom is -0.496 e. The summed E-state index contributed by atoms with van der Waals surface area (Å²) < 4.78 is 16.4. The second-order valence-corrected chi connectivity index (χ2v) is 7.89. The Bertz CT molecular complexity index is 1060. The molecular weight excluding hydrogens is 466 g/mol. The molecule has 1 unspecified atom stereocenters. The van der Waals surface area contributed by atoms with Crippen LogP contribution in [0.15, 0.2) is 52.5 Å². The highest BCUT2D eigenvalue weighted by Gasteiger charge is 2.37. The highest BCUT2D eigenvalue weighted by Crippen LogP contribution is 2.41. The monoisotopic (exact) mass is 487 g/mol. The van der Waals surface area contributed by atoms with Crippen molar-refractivity contribution in [3.8, 4) is 5.75 Å². The van der Waals surface area contributed by atoms with Gasteiger partial charge in [0.05, 0.1) is 42.2 Å². The Kier molecular flexibility index (Phi) is 6.15. The molecule has 2 aromatic carbocycles. The largest absolute Gasteiger partial charge is 0.496 e. The Morgan fingerprint density at radius 2 is 2.00 bits per heavy atom. The van der Waals surface area contributed by atoms with Crippen LogP contribution in [0.3, 0.4) is 0 Å². The van der Waals surface area contributed by atoms with Crippen molar-refractivity contribution >= 4 is 39.4 Å². The normalized spacial score (nSPS) is 17.3. The predicted octanol–water partition coefficient (Wildman–Crippen LogP) is 3.83. The van der Waals surface area contributed by atoms with E-state index in [0.29, 0.717) is 23.7 Å². The lowest BCUT2D eigenvalue weighted by Gasteiger charge is -2.38. The number of benzene rings is 2. The van der Waals surface area contributed by atoms with E-state index in [0.717, 1.165) is 21.2 Å². The molecule has 0 radical (unpaired) electrons. The number of rotatable bonds is 5. The summed E-state index contributed by atoms with van der Waals surface area (Å²) in [7, 11) is 3.15. The zero-order valence-corrected chi connectivity index (χ0v) is 18.7. The lowest BCUT2D eigenvalue weighted by molar-refractivity contribution is 0.103. The third kappa shape index (κ3) is 4.11. The van der Waals surface area contributed by atoms with E-state index in [-0.39, 0.29) is 19.2 Å². The number of para-hydroxylation sites is 1. The van der Waals surface area contributed by atoms with Gasteiger partial charge in [-0.15, -0.1) is 0 Å². The van der Waals surface area contributed by atoms with E-state index in [9.17, 15) is 9.59 Å². The first-order valence-electron chi connectivity index (χ1n) is 9.70. The molecule has 162 valence electrons. The van der Waals surface area contributed by atoms with Crippen molar-refractivity contribution < 1.29 is 23.8 Å². The lowest BCUT2D eigenvalue weighted by Crippen LogP contribution is -2.49. The summed E-state index contributed by atoms with van der Waals surface area (Å²) in [5, 5.41) is 5.89. The van der Waals surface area contributed by atoms with Gasteiger partial charge in [0.15, 0.2) is 0 Å². The standard InChI is InChI=1S/C22H22BrN3O5/c1-29-9-10-31-22(28)26-12-15-19(13-7-8-18(30-2)16(23)11-13)24-21(27)25-20(15)14-5-3-4-6-17(14)26/h3-8,11,19H,9-10,12H2,1-2H3,(H2,24,25,27). The van der Waals surface area contributed by atoms with Crippen LogP contribution in [-0.2, 0) is 9.47 Å². The molecule has 2 aliphatic heterocycles. The molecule has 31 heavy (non-hydrogen) atoms. The summed E-state index contributed by atoms with van der Waals surface area (Å²) in [6, 6.07) is 12.3. The lowest BCUT2D eigenvalue weighted by atomic mass is 9.89. The van der Waals surface area contributed by atoms with E-state index in [1.54, 1.807) is 19.1 Å². The molecule has 0 spiro atoms. The van der Waals surface area contributed by atoms with Gasteiger partial charge in [0, 0.05) is 18.2 Å². The predicted molar refractivity (Wildman–Crippen MR) is 119 cm³/mol. The fraction of sp³-hybridized carbons (Fsp3) is 0.273. The molecule has 3 amide bonds. The van der Waals surface area contributed by atoms with Crippen molar-refractivity contribution in [2.45, 2.75) is 6.04 Å². The fourth-order valence-corrected chi connectivity index (χ4v) is 4.34. The van der Waals surface area contributed by atoms with E-state index >= 15 is 0 Å². The molecule has 9 heteroatoms. The Balaban J connectivity index is 1.75. The van der Waals surface area contributed by atoms with Gasteiger partial charge in [0.1, 0.15) is 12.4 Å². The van der Waals surface area contributed by atoms with Crippen molar-refractivity contribution in [1.82, 2.24) is 10.6 Å². The molecule has 0 saturated carbocycles. The quantitative estimate of drug-likeness (QED) is 0.625. The maximum Gasteiger partial charge on any atom is 0.414 e. The maximum absolute atomic E-state index is 12.8. The average molecular weight is 488 g/mol. The van der Waals surface area contributed by atoms with Gasteiger partial charge < -0.3 is 24.8 Å². The van der Waals surface area contributed by atoms with Gasteiger partial charge in [-0.05, 0) is 39.7 Å². The number of halogens is 1. The number of carbonyl (C=O) groups is 2. The van der Waals surface area contributed by atoms with E-state index in [1.165, 1.54) is 0 Å². The van der Waals surface area contributed by atoms with Gasteiger partial charge in [-0.25, -0.2) is 9.59 Å². The minimum absolute atomic E-state index is 0.156. The van der Waals surface area contributed by atoms with Crippen LogP contribution in [0.1, 0.15) is 17.2 Å². The Hall–Kier alpha value is -3.04. The number of carbonyl (C=O) groups excluding carboxylic acids is 2. The molecule has 0 aliphatic carbocycles. The molecule has 2 N–H and O–H groups in total. The molecule has 2 heterocycles. The van der Waals surface area contributed by atoms with Crippen LogP contribution in [0, 0.1) is 0 Å². The van der Waals surface area contributed by atoms with Crippen LogP contribution in [-0.4, -0.2) is 46.1 Å². The van der Waals surface area contributed by atoms with Gasteiger partial charge >= 0.3 is 12.1 Å². The van der Waals surface area contributed by atoms with Crippen molar-refractivity contribution in [3.63, 3.8) is 0 Å². The summed E-state index contributed by atoms with van der Waals surface area (Å²) in [6.45, 7) is 0.735. The third-order valence-electron chi connectivity index (χ3n) is 5.22. The minimum atomic E-state index is -0.470. The summed E-state index contributed by atoms with van der Waals surface area (Å²) >= 11 is 3.51. The summed E-state index contributed by atoms with van der Waals surface area (Å²) in [5.41, 5.74) is 3.87. The Labute approximate surface area is 188 Å². The zero-order valence-electron chi connectivity index (χ0n) is 17.1. The van der Waals surface area contributed by atoms with Gasteiger partial charge in [-0.1, -0.05) is 24.3 Å². The van der Waals surface area contributed by atoms with Crippen LogP contribution in [0.2, 0.25) is 0 Å². The first-order valence-corrected chi connectivity index (χ1v) is 10.5. The number of hydrogen-bond acceptors (Lipinski definition) is 5. The van der Waals surface area contributed by atoms with E-state index in [4.69, 9.17) is 14.2 Å². The van der Waals surface area contributed by atoms with Crippen LogP contribution in [0.5, 0.6) is 5.75 Å². The van der Waals surface area contributed by atoms with E-state index < -0.39 is 12.1 Å². The van der Waals surface area contributed by atoms with Gasteiger partial charge in [0.2, 0.25) is 0 Å². The summed E-state index contributed by atoms with van der Waals surface area (Å²) in [6.07, 6.45) is -0.470. The highest BCUT2D eigenvalue weighted by atomic mass is 79.9. The molecule has 0 bridgehead atoms. The third-order valence-corrected chi connectivity index (χ3v) is 5.84. The second-order valence-electron chi connectivity index (χ2n) is 7.04. The van der Waals surface area contributed by atoms with Crippen molar-refractivity contribution in [3.05, 3.63) is 63.6 Å². The number of methoxy groups -OCH3 is 2. The first-order chi connectivity index (χ1) is 15.0. The fourth-order valence-electron chi connectivity index (χ4n) is 3.78. The zero-order chi connectivity index (χ0) is 22.0. The molecule has 4 rings (SSSR count). The molecule has 2 aliphatic rings. The number of nitrogens with one attached hydrogen (secondary N) is 2.